The van der Waals surface area contributed by atoms with Crippen molar-refractivity contribution in [2.45, 2.75) is 0 Å². The van der Waals surface area contributed by atoms with Crippen LogP contribution in [-0.4, -0.2) is 25.5 Å². The van der Waals surface area contributed by atoms with E-state index >= 15 is 0 Å². The number of anilines is 1. The molecule has 0 aliphatic heterocycles. The number of hydrogen-bond acceptors (Lipinski definition) is 8. The Labute approximate surface area is 148 Å². The maximum absolute atomic E-state index is 12.3. The van der Waals surface area contributed by atoms with Crippen molar-refractivity contribution in [2.75, 3.05) is 5.73 Å². The van der Waals surface area contributed by atoms with E-state index in [-0.39, 0.29) is 11.4 Å². The van der Waals surface area contributed by atoms with Gasteiger partial charge in [0.15, 0.2) is 10.8 Å². The van der Waals surface area contributed by atoms with Gasteiger partial charge in [-0.25, -0.2) is 0 Å². The summed E-state index contributed by atoms with van der Waals surface area (Å²) in [6.45, 7) is 0. The lowest BCUT2D eigenvalue weighted by Gasteiger charge is -2.05. The molecule has 1 aliphatic rings. The molecule has 25 heavy (non-hydrogen) atoms. The number of thiophene rings is 1. The van der Waals surface area contributed by atoms with Crippen molar-refractivity contribution in [3.63, 3.8) is 0 Å². The number of carbonyl (C=O) groups excluding carboxylic acids is 1. The monoisotopic (exact) mass is 370 g/mol. The summed E-state index contributed by atoms with van der Waals surface area (Å²) in [7, 11) is 0. The first-order chi connectivity index (χ1) is 12.0. The van der Waals surface area contributed by atoms with Crippen LogP contribution >= 0.6 is 22.7 Å². The van der Waals surface area contributed by atoms with Gasteiger partial charge in [-0.1, -0.05) is 23.5 Å². The van der Waals surface area contributed by atoms with Gasteiger partial charge in [-0.2, -0.15) is 14.6 Å². The maximum Gasteiger partial charge on any atom is 0.283 e. The van der Waals surface area contributed by atoms with Crippen LogP contribution in [0.15, 0.2) is 51.9 Å². The third-order valence-corrected chi connectivity index (χ3v) is 5.47. The van der Waals surface area contributed by atoms with Gasteiger partial charge in [-0.05, 0) is 35.2 Å². The molecule has 3 N–H and O–H groups in total. The van der Waals surface area contributed by atoms with Crippen LogP contribution in [0.1, 0.15) is 5.56 Å². The lowest BCUT2D eigenvalue weighted by Crippen LogP contribution is -2.17. The van der Waals surface area contributed by atoms with Gasteiger partial charge in [0.1, 0.15) is 5.82 Å². The van der Waals surface area contributed by atoms with E-state index in [4.69, 9.17) is 5.73 Å². The molecule has 3 aromatic rings. The largest absolute Gasteiger partial charge is 0.504 e. The molecule has 4 rings (SSSR count). The number of hydrogen-bond donors (Lipinski definition) is 2. The summed E-state index contributed by atoms with van der Waals surface area (Å²) in [5.41, 5.74) is 6.24. The zero-order valence-electron chi connectivity index (χ0n) is 12.5. The lowest BCUT2D eigenvalue weighted by molar-refractivity contribution is -0.113. The van der Waals surface area contributed by atoms with Crippen molar-refractivity contribution in [1.29, 1.82) is 0 Å². The zero-order chi connectivity index (χ0) is 17.6. The summed E-state index contributed by atoms with van der Waals surface area (Å²) >= 11 is 2.81. The van der Waals surface area contributed by atoms with Gasteiger partial charge in [0, 0.05) is 0 Å². The predicted octanol–water partition coefficient (Wildman–Crippen LogP) is 2.43. The second-order valence-electron chi connectivity index (χ2n) is 5.17. The van der Waals surface area contributed by atoms with Crippen LogP contribution in [0.3, 0.4) is 0 Å². The minimum Gasteiger partial charge on any atom is -0.504 e. The Morgan fingerprint density at radius 1 is 1.28 bits per heavy atom. The Bertz CT molecular complexity index is 1150. The van der Waals surface area contributed by atoms with Crippen LogP contribution in [0.4, 0.5) is 5.82 Å². The van der Waals surface area contributed by atoms with Crippen LogP contribution in [0, 0.1) is 0 Å². The van der Waals surface area contributed by atoms with E-state index in [2.05, 4.69) is 10.1 Å². The molecule has 3 heterocycles. The highest BCUT2D eigenvalue weighted by Gasteiger charge is 2.16. The molecule has 1 aliphatic carbocycles. The lowest BCUT2D eigenvalue weighted by atomic mass is 10.1. The second-order valence-corrected chi connectivity index (χ2v) is 7.07. The Hall–Kier alpha value is -3.04. The van der Waals surface area contributed by atoms with Gasteiger partial charge < -0.3 is 10.8 Å². The maximum atomic E-state index is 12.3. The molecule has 0 amide bonds. The number of fused-ring (bicyclic) bond motifs is 1. The van der Waals surface area contributed by atoms with E-state index in [0.29, 0.717) is 10.5 Å². The second kappa shape index (κ2) is 5.80. The number of nitrogen functional groups attached to an aromatic ring is 1. The van der Waals surface area contributed by atoms with Crippen molar-refractivity contribution in [2.24, 2.45) is 0 Å². The van der Waals surface area contributed by atoms with Gasteiger partial charge in [-0.3, -0.25) is 9.59 Å². The molecule has 0 radical (unpaired) electrons. The molecule has 0 spiro atoms. The van der Waals surface area contributed by atoms with Crippen molar-refractivity contribution >= 4 is 45.3 Å². The Balaban J connectivity index is 1.87. The number of rotatable bonds is 2. The van der Waals surface area contributed by atoms with Crippen LogP contribution in [0.5, 0.6) is 0 Å². The van der Waals surface area contributed by atoms with Gasteiger partial charge >= 0.3 is 0 Å². The number of carbonyl (C=O) groups is 1. The summed E-state index contributed by atoms with van der Waals surface area (Å²) < 4.78 is 1.43. The molecule has 7 nitrogen and oxygen atoms in total. The smallest absolute Gasteiger partial charge is 0.283 e. The SMILES string of the molecule is Nc1c(/C=C2\C=CC(=O)C(O)=C2)c(=O)nc2sc(-c3cccs3)nn12. The number of aliphatic hydroxyl groups excluding tert-OH is 1. The standard InChI is InChI=1S/C16H10N4O3S2/c17-13-9(6-8-3-4-10(21)11(22)7-8)14(23)18-16-20(13)19-15(25-16)12-2-1-5-24-12/h1-7,22H,17H2/b8-6+. The van der Waals surface area contributed by atoms with E-state index in [1.165, 1.54) is 51.5 Å². The topological polar surface area (TPSA) is 111 Å². The Morgan fingerprint density at radius 3 is 2.84 bits per heavy atom. The summed E-state index contributed by atoms with van der Waals surface area (Å²) in [6.07, 6.45) is 5.46. The molecule has 0 saturated carbocycles. The highest BCUT2D eigenvalue weighted by molar-refractivity contribution is 7.23. The van der Waals surface area contributed by atoms with Crippen LogP contribution in [0.25, 0.3) is 20.9 Å². The molecule has 0 bridgehead atoms. The first-order valence-electron chi connectivity index (χ1n) is 7.11. The molecule has 0 fully saturated rings. The number of allylic oxidation sites excluding steroid dienone is 4. The molecule has 3 aromatic heterocycles. The molecule has 0 saturated heterocycles. The highest BCUT2D eigenvalue weighted by atomic mass is 32.1. The quantitative estimate of drug-likeness (QED) is 0.717. The third-order valence-electron chi connectivity index (χ3n) is 3.52. The zero-order valence-corrected chi connectivity index (χ0v) is 14.2. The van der Waals surface area contributed by atoms with Crippen molar-refractivity contribution in [3.05, 3.63) is 63.0 Å². The molecular weight excluding hydrogens is 360 g/mol. The summed E-state index contributed by atoms with van der Waals surface area (Å²) in [5.74, 6) is -0.731. The normalized spacial score (nSPS) is 15.9. The fraction of sp³-hybridized carbons (Fsp3) is 0. The van der Waals surface area contributed by atoms with E-state index in [9.17, 15) is 14.7 Å². The van der Waals surface area contributed by atoms with E-state index in [1.807, 2.05) is 17.5 Å². The first-order valence-corrected chi connectivity index (χ1v) is 8.80. The number of aromatic nitrogens is 3. The van der Waals surface area contributed by atoms with Crippen LogP contribution < -0.4 is 11.3 Å². The van der Waals surface area contributed by atoms with Crippen LogP contribution in [0.2, 0.25) is 0 Å². The third kappa shape index (κ3) is 2.69. The summed E-state index contributed by atoms with van der Waals surface area (Å²) in [6, 6.07) is 3.84. The Morgan fingerprint density at radius 2 is 2.12 bits per heavy atom. The molecular formula is C16H10N4O3S2. The van der Waals surface area contributed by atoms with Gasteiger partial charge in [-0.15, -0.1) is 11.3 Å². The highest BCUT2D eigenvalue weighted by Crippen LogP contribution is 2.29. The summed E-state index contributed by atoms with van der Waals surface area (Å²) in [5, 5.41) is 16.6. The first kappa shape index (κ1) is 15.5. The number of aliphatic hydroxyl groups is 1. The average molecular weight is 370 g/mol. The molecule has 9 heteroatoms. The molecule has 0 unspecified atom stereocenters. The number of nitrogens with zero attached hydrogens (tertiary/aromatic N) is 3. The minimum absolute atomic E-state index is 0.151. The van der Waals surface area contributed by atoms with Gasteiger partial charge in [0.2, 0.25) is 10.7 Å². The van der Waals surface area contributed by atoms with Crippen molar-refractivity contribution < 1.29 is 9.90 Å². The molecule has 124 valence electrons. The summed E-state index contributed by atoms with van der Waals surface area (Å²) in [4.78, 5) is 29.0. The molecule has 0 aromatic carbocycles. The Kier molecular flexibility index (Phi) is 3.59. The van der Waals surface area contributed by atoms with Crippen molar-refractivity contribution in [3.8, 4) is 9.88 Å². The minimum atomic E-state index is -0.496. The van der Waals surface area contributed by atoms with Crippen LogP contribution in [-0.2, 0) is 4.79 Å². The number of ketones is 1. The predicted molar refractivity (Wildman–Crippen MR) is 97.7 cm³/mol. The van der Waals surface area contributed by atoms with E-state index < -0.39 is 17.1 Å². The molecule has 0 atom stereocenters. The fourth-order valence-corrected chi connectivity index (χ4v) is 4.00. The average Bonchev–Trinajstić information content (AvgIpc) is 3.23. The van der Waals surface area contributed by atoms with E-state index in [0.717, 1.165) is 9.88 Å². The number of nitrogens with two attached hydrogens (primary N) is 1. The fourth-order valence-electron chi connectivity index (χ4n) is 2.31. The van der Waals surface area contributed by atoms with Crippen molar-refractivity contribution in [1.82, 2.24) is 14.6 Å². The van der Waals surface area contributed by atoms with Gasteiger partial charge in [0.05, 0.1) is 10.4 Å². The van der Waals surface area contributed by atoms with Gasteiger partial charge in [0.25, 0.3) is 5.56 Å². The van der Waals surface area contributed by atoms with E-state index in [1.54, 1.807) is 0 Å².